The van der Waals surface area contributed by atoms with Crippen LogP contribution in [0.3, 0.4) is 0 Å². The number of nitrogen functional groups attached to an aromatic ring is 1. The minimum atomic E-state index is 0.464. The van der Waals surface area contributed by atoms with Crippen LogP contribution in [0.4, 0.5) is 5.82 Å². The topological polar surface area (TPSA) is 66.0 Å². The lowest BCUT2D eigenvalue weighted by atomic mass is 10.1. The Bertz CT molecular complexity index is 784. The van der Waals surface area contributed by atoms with Gasteiger partial charge in [-0.05, 0) is 17.7 Å². The molecule has 108 valence electrons. The second-order valence-electron chi connectivity index (χ2n) is 4.61. The number of nitrogens with two attached hydrogens (primary N) is 1. The fourth-order valence-corrected chi connectivity index (χ4v) is 2.60. The summed E-state index contributed by atoms with van der Waals surface area (Å²) in [5.41, 5.74) is 8.83. The molecule has 0 atom stereocenters. The molecular weight excluding hydrogens is 288 g/mol. The minimum Gasteiger partial charge on any atom is -0.497 e. The van der Waals surface area contributed by atoms with Crippen LogP contribution in [0.25, 0.3) is 22.2 Å². The number of aryl methyl sites for hydroxylation is 1. The van der Waals surface area contributed by atoms with Crippen LogP contribution in [0.2, 0.25) is 0 Å². The van der Waals surface area contributed by atoms with E-state index in [0.29, 0.717) is 18.2 Å². The number of nitrogens with zero attached hydrogens (tertiary/aromatic N) is 3. The van der Waals surface area contributed by atoms with E-state index < -0.39 is 0 Å². The third kappa shape index (κ3) is 2.40. The predicted molar refractivity (Wildman–Crippen MR) is 84.6 cm³/mol. The van der Waals surface area contributed by atoms with Gasteiger partial charge in [-0.3, -0.25) is 0 Å². The summed E-state index contributed by atoms with van der Waals surface area (Å²) in [5.74, 6) is 1.76. The van der Waals surface area contributed by atoms with E-state index >= 15 is 0 Å². The molecule has 0 amide bonds. The zero-order valence-corrected chi connectivity index (χ0v) is 12.3. The van der Waals surface area contributed by atoms with Gasteiger partial charge in [-0.1, -0.05) is 12.1 Å². The van der Waals surface area contributed by atoms with Crippen molar-refractivity contribution in [1.29, 1.82) is 0 Å². The van der Waals surface area contributed by atoms with E-state index in [0.717, 1.165) is 27.9 Å². The van der Waals surface area contributed by atoms with Gasteiger partial charge in [0.1, 0.15) is 23.5 Å². The SMILES string of the molecule is COc1cccc(-c2cn(CCCl)c3ncnc(N)c23)c1. The Kier molecular flexibility index (Phi) is 3.66. The van der Waals surface area contributed by atoms with Crippen molar-refractivity contribution in [2.24, 2.45) is 0 Å². The molecule has 3 aromatic rings. The second kappa shape index (κ2) is 5.61. The lowest BCUT2D eigenvalue weighted by molar-refractivity contribution is 0.415. The fourth-order valence-electron chi connectivity index (χ4n) is 2.42. The van der Waals surface area contributed by atoms with Crippen molar-refractivity contribution >= 4 is 28.5 Å². The molecule has 2 aromatic heterocycles. The smallest absolute Gasteiger partial charge is 0.146 e. The number of hydrogen-bond acceptors (Lipinski definition) is 4. The number of fused-ring (bicyclic) bond motifs is 1. The second-order valence-corrected chi connectivity index (χ2v) is 4.99. The summed E-state index contributed by atoms with van der Waals surface area (Å²) in [5, 5.41) is 0.843. The third-order valence-corrected chi connectivity index (χ3v) is 3.56. The van der Waals surface area contributed by atoms with Crippen LogP contribution in [0.5, 0.6) is 5.75 Å². The Hall–Kier alpha value is -2.27. The van der Waals surface area contributed by atoms with Crippen LogP contribution in [0, 0.1) is 0 Å². The summed E-state index contributed by atoms with van der Waals surface area (Å²) in [4.78, 5) is 8.43. The van der Waals surface area contributed by atoms with Gasteiger partial charge < -0.3 is 15.0 Å². The van der Waals surface area contributed by atoms with Crippen molar-refractivity contribution in [1.82, 2.24) is 14.5 Å². The summed E-state index contributed by atoms with van der Waals surface area (Å²) in [6.07, 6.45) is 3.48. The number of aromatic nitrogens is 3. The van der Waals surface area contributed by atoms with Crippen molar-refractivity contribution in [2.45, 2.75) is 6.54 Å². The third-order valence-electron chi connectivity index (χ3n) is 3.39. The molecule has 0 aliphatic rings. The van der Waals surface area contributed by atoms with Crippen molar-refractivity contribution in [3.05, 3.63) is 36.8 Å². The fraction of sp³-hybridized carbons (Fsp3) is 0.200. The van der Waals surface area contributed by atoms with Gasteiger partial charge in [0, 0.05) is 24.2 Å². The molecule has 0 aliphatic carbocycles. The van der Waals surface area contributed by atoms with Gasteiger partial charge in [0.15, 0.2) is 0 Å². The minimum absolute atomic E-state index is 0.464. The Labute approximate surface area is 127 Å². The van der Waals surface area contributed by atoms with E-state index in [-0.39, 0.29) is 0 Å². The van der Waals surface area contributed by atoms with Gasteiger partial charge >= 0.3 is 0 Å². The summed E-state index contributed by atoms with van der Waals surface area (Å²) in [6, 6.07) is 7.82. The normalized spacial score (nSPS) is 11.0. The molecule has 0 unspecified atom stereocenters. The largest absolute Gasteiger partial charge is 0.497 e. The van der Waals surface area contributed by atoms with Crippen LogP contribution in [-0.2, 0) is 6.54 Å². The Morgan fingerprint density at radius 1 is 1.33 bits per heavy atom. The molecule has 1 aromatic carbocycles. The van der Waals surface area contributed by atoms with Gasteiger partial charge in [0.25, 0.3) is 0 Å². The monoisotopic (exact) mass is 302 g/mol. The van der Waals surface area contributed by atoms with Crippen LogP contribution in [0.15, 0.2) is 36.8 Å². The Morgan fingerprint density at radius 3 is 2.95 bits per heavy atom. The van der Waals surface area contributed by atoms with Gasteiger partial charge in [-0.2, -0.15) is 0 Å². The molecule has 0 bridgehead atoms. The van der Waals surface area contributed by atoms with Gasteiger partial charge in [0.2, 0.25) is 0 Å². The molecule has 5 nitrogen and oxygen atoms in total. The first kappa shape index (κ1) is 13.7. The zero-order chi connectivity index (χ0) is 14.8. The highest BCUT2D eigenvalue weighted by molar-refractivity contribution is 6.17. The maximum Gasteiger partial charge on any atom is 0.146 e. The predicted octanol–water partition coefficient (Wildman–Crippen LogP) is 2.93. The van der Waals surface area contributed by atoms with Crippen LogP contribution in [-0.4, -0.2) is 27.5 Å². The summed E-state index contributed by atoms with van der Waals surface area (Å²) >= 11 is 5.86. The first-order valence-electron chi connectivity index (χ1n) is 6.54. The first-order chi connectivity index (χ1) is 10.2. The number of hydrogen-bond donors (Lipinski definition) is 1. The van der Waals surface area contributed by atoms with Crippen LogP contribution in [0.1, 0.15) is 0 Å². The van der Waals surface area contributed by atoms with Crippen molar-refractivity contribution in [3.8, 4) is 16.9 Å². The molecule has 0 fully saturated rings. The molecule has 6 heteroatoms. The molecule has 2 N–H and O–H groups in total. The van der Waals surface area contributed by atoms with E-state index in [9.17, 15) is 0 Å². The number of anilines is 1. The lowest BCUT2D eigenvalue weighted by Crippen LogP contribution is -1.99. The molecular formula is C15H15ClN4O. The van der Waals surface area contributed by atoms with E-state index in [2.05, 4.69) is 9.97 Å². The van der Waals surface area contributed by atoms with Crippen LogP contribution < -0.4 is 10.5 Å². The number of rotatable bonds is 4. The standard InChI is InChI=1S/C15H15ClN4O/c1-21-11-4-2-3-10(7-11)12-8-20(6-5-16)15-13(12)14(17)18-9-19-15/h2-4,7-9H,5-6H2,1H3,(H2,17,18,19). The average Bonchev–Trinajstić information content (AvgIpc) is 2.88. The molecule has 2 heterocycles. The van der Waals surface area contributed by atoms with E-state index in [1.165, 1.54) is 6.33 Å². The molecule has 0 saturated heterocycles. The molecule has 0 aliphatic heterocycles. The maximum absolute atomic E-state index is 6.05. The number of alkyl halides is 1. The average molecular weight is 303 g/mol. The highest BCUT2D eigenvalue weighted by Gasteiger charge is 2.15. The molecule has 21 heavy (non-hydrogen) atoms. The zero-order valence-electron chi connectivity index (χ0n) is 11.6. The number of ether oxygens (including phenoxy) is 1. The van der Waals surface area contributed by atoms with E-state index in [1.807, 2.05) is 35.0 Å². The molecule has 0 spiro atoms. The van der Waals surface area contributed by atoms with Crippen molar-refractivity contribution in [2.75, 3.05) is 18.7 Å². The number of benzene rings is 1. The van der Waals surface area contributed by atoms with Crippen molar-refractivity contribution < 1.29 is 4.74 Å². The van der Waals surface area contributed by atoms with E-state index in [4.69, 9.17) is 22.1 Å². The summed E-state index contributed by atoms with van der Waals surface area (Å²) in [6.45, 7) is 0.665. The lowest BCUT2D eigenvalue weighted by Gasteiger charge is -2.04. The van der Waals surface area contributed by atoms with Gasteiger partial charge in [-0.15, -0.1) is 11.6 Å². The maximum atomic E-state index is 6.05. The number of halogens is 1. The molecule has 0 saturated carbocycles. The summed E-state index contributed by atoms with van der Waals surface area (Å²) in [7, 11) is 1.65. The highest BCUT2D eigenvalue weighted by atomic mass is 35.5. The van der Waals surface area contributed by atoms with Gasteiger partial charge in [0.05, 0.1) is 12.5 Å². The first-order valence-corrected chi connectivity index (χ1v) is 7.07. The summed E-state index contributed by atoms with van der Waals surface area (Å²) < 4.78 is 7.28. The van der Waals surface area contributed by atoms with E-state index in [1.54, 1.807) is 7.11 Å². The Balaban J connectivity index is 2.26. The highest BCUT2D eigenvalue weighted by Crippen LogP contribution is 2.33. The van der Waals surface area contributed by atoms with Gasteiger partial charge in [-0.25, -0.2) is 9.97 Å². The number of methoxy groups -OCH3 is 1. The van der Waals surface area contributed by atoms with Crippen LogP contribution >= 0.6 is 11.6 Å². The quantitative estimate of drug-likeness (QED) is 0.753. The molecule has 3 rings (SSSR count). The Morgan fingerprint density at radius 2 is 2.19 bits per heavy atom. The van der Waals surface area contributed by atoms with Crippen molar-refractivity contribution in [3.63, 3.8) is 0 Å². The molecule has 0 radical (unpaired) electrons.